The zero-order valence-corrected chi connectivity index (χ0v) is 16.1. The summed E-state index contributed by atoms with van der Waals surface area (Å²) in [4.78, 5) is 12.9. The highest BCUT2D eigenvalue weighted by molar-refractivity contribution is 5.75. The lowest BCUT2D eigenvalue weighted by Crippen LogP contribution is -2.22. The molecule has 26 heavy (non-hydrogen) atoms. The molecule has 1 N–H and O–H groups in total. The topological polar surface area (TPSA) is 54.7 Å². The molecule has 2 heterocycles. The Bertz CT molecular complexity index is 1050. The fraction of sp³-hybridized carbons (Fsp3) is 0.364. The zero-order valence-electron chi connectivity index (χ0n) is 16.1. The molecule has 0 saturated carbocycles. The SMILES string of the molecule is CC(C)(C)c1nc2ccc(CC(C)(C)c3nc4ccccc4[nH]3)cc2o1. The van der Waals surface area contributed by atoms with Crippen molar-refractivity contribution in [2.24, 2.45) is 0 Å². The summed E-state index contributed by atoms with van der Waals surface area (Å²) in [6.07, 6.45) is 0.869. The average Bonchev–Trinajstić information content (AvgIpc) is 3.18. The Kier molecular flexibility index (Phi) is 3.69. The summed E-state index contributed by atoms with van der Waals surface area (Å²) in [6.45, 7) is 10.8. The van der Waals surface area contributed by atoms with Crippen molar-refractivity contribution in [2.45, 2.75) is 51.9 Å². The first-order valence-electron chi connectivity index (χ1n) is 9.08. The number of H-pyrrole nitrogens is 1. The predicted molar refractivity (Wildman–Crippen MR) is 106 cm³/mol. The number of rotatable bonds is 3. The lowest BCUT2D eigenvalue weighted by Gasteiger charge is -2.22. The molecule has 4 nitrogen and oxygen atoms in total. The molecule has 0 aliphatic rings. The molecule has 0 aliphatic heterocycles. The molecular formula is C22H25N3O. The molecule has 2 aromatic heterocycles. The van der Waals surface area contributed by atoms with Gasteiger partial charge in [-0.1, -0.05) is 52.8 Å². The highest BCUT2D eigenvalue weighted by atomic mass is 16.3. The number of benzene rings is 2. The van der Waals surface area contributed by atoms with Crippen LogP contribution in [0, 0.1) is 0 Å². The Morgan fingerprint density at radius 2 is 1.69 bits per heavy atom. The van der Waals surface area contributed by atoms with Crippen LogP contribution in [0.15, 0.2) is 46.9 Å². The number of para-hydroxylation sites is 2. The van der Waals surface area contributed by atoms with Crippen molar-refractivity contribution in [3.63, 3.8) is 0 Å². The minimum absolute atomic E-state index is 0.0905. The van der Waals surface area contributed by atoms with Gasteiger partial charge in [-0.05, 0) is 36.2 Å². The smallest absolute Gasteiger partial charge is 0.200 e. The Morgan fingerprint density at radius 3 is 2.42 bits per heavy atom. The first kappa shape index (κ1) is 16.8. The molecule has 134 valence electrons. The quantitative estimate of drug-likeness (QED) is 0.531. The van der Waals surface area contributed by atoms with Crippen molar-refractivity contribution in [2.75, 3.05) is 0 Å². The van der Waals surface area contributed by atoms with Crippen LogP contribution in [0.1, 0.15) is 51.9 Å². The molecule has 0 spiro atoms. The number of nitrogens with one attached hydrogen (secondary N) is 1. The van der Waals surface area contributed by atoms with E-state index < -0.39 is 0 Å². The molecule has 0 radical (unpaired) electrons. The maximum atomic E-state index is 6.01. The molecule has 0 fully saturated rings. The van der Waals surface area contributed by atoms with E-state index in [1.54, 1.807) is 0 Å². The first-order valence-corrected chi connectivity index (χ1v) is 9.08. The van der Waals surface area contributed by atoms with E-state index in [2.05, 4.69) is 68.9 Å². The van der Waals surface area contributed by atoms with Gasteiger partial charge in [-0.15, -0.1) is 0 Å². The van der Waals surface area contributed by atoms with E-state index in [-0.39, 0.29) is 10.8 Å². The van der Waals surface area contributed by atoms with Gasteiger partial charge in [0.1, 0.15) is 11.3 Å². The molecule has 0 unspecified atom stereocenters. The van der Waals surface area contributed by atoms with Crippen LogP contribution in [0.2, 0.25) is 0 Å². The van der Waals surface area contributed by atoms with Gasteiger partial charge in [0.25, 0.3) is 0 Å². The maximum absolute atomic E-state index is 6.01. The van der Waals surface area contributed by atoms with Crippen molar-refractivity contribution in [1.82, 2.24) is 15.0 Å². The number of aromatic nitrogens is 3. The third-order valence-corrected chi connectivity index (χ3v) is 4.77. The Labute approximate surface area is 153 Å². The van der Waals surface area contributed by atoms with Crippen molar-refractivity contribution >= 4 is 22.1 Å². The van der Waals surface area contributed by atoms with Crippen LogP contribution in [-0.2, 0) is 17.3 Å². The van der Waals surface area contributed by atoms with E-state index in [1.807, 2.05) is 18.2 Å². The number of oxazole rings is 1. The summed E-state index contributed by atoms with van der Waals surface area (Å²) < 4.78 is 6.01. The van der Waals surface area contributed by atoms with E-state index in [0.717, 1.165) is 40.3 Å². The van der Waals surface area contributed by atoms with E-state index in [4.69, 9.17) is 9.40 Å². The number of hydrogen-bond acceptors (Lipinski definition) is 3. The molecule has 4 rings (SSSR count). The number of fused-ring (bicyclic) bond motifs is 2. The summed E-state index contributed by atoms with van der Waals surface area (Å²) in [5.74, 6) is 1.79. The van der Waals surface area contributed by atoms with Crippen LogP contribution in [0.3, 0.4) is 0 Å². The van der Waals surface area contributed by atoms with Gasteiger partial charge in [0.05, 0.1) is 11.0 Å². The van der Waals surface area contributed by atoms with Crippen LogP contribution in [0.4, 0.5) is 0 Å². The predicted octanol–water partition coefficient (Wildman–Crippen LogP) is 5.52. The minimum atomic E-state index is -0.112. The third kappa shape index (κ3) is 3.00. The van der Waals surface area contributed by atoms with Gasteiger partial charge in [0, 0.05) is 10.8 Å². The van der Waals surface area contributed by atoms with Crippen LogP contribution >= 0.6 is 0 Å². The number of aromatic amines is 1. The molecule has 4 heteroatoms. The first-order chi connectivity index (χ1) is 12.2. The molecule has 4 aromatic rings. The fourth-order valence-corrected chi connectivity index (χ4v) is 3.27. The van der Waals surface area contributed by atoms with Gasteiger partial charge in [-0.25, -0.2) is 9.97 Å². The molecule has 0 bridgehead atoms. The molecule has 0 amide bonds. The lowest BCUT2D eigenvalue weighted by atomic mass is 9.85. The van der Waals surface area contributed by atoms with Crippen LogP contribution in [-0.4, -0.2) is 15.0 Å². The molecule has 2 aromatic carbocycles. The summed E-state index contributed by atoms with van der Waals surface area (Å²) in [7, 11) is 0. The second-order valence-electron chi connectivity index (χ2n) is 8.73. The number of hydrogen-bond donors (Lipinski definition) is 1. The lowest BCUT2D eigenvalue weighted by molar-refractivity contribution is 0.410. The van der Waals surface area contributed by atoms with Gasteiger partial charge in [-0.2, -0.15) is 0 Å². The second kappa shape index (κ2) is 5.70. The third-order valence-electron chi connectivity index (χ3n) is 4.77. The van der Waals surface area contributed by atoms with Crippen molar-refractivity contribution in [3.8, 4) is 0 Å². The number of imidazole rings is 1. The van der Waals surface area contributed by atoms with Gasteiger partial charge in [0.15, 0.2) is 5.58 Å². The molecular weight excluding hydrogens is 322 g/mol. The second-order valence-corrected chi connectivity index (χ2v) is 8.73. The number of nitrogens with zero attached hydrogens (tertiary/aromatic N) is 2. The summed E-state index contributed by atoms with van der Waals surface area (Å²) in [5, 5.41) is 0. The molecule has 0 aliphatic carbocycles. The zero-order chi connectivity index (χ0) is 18.5. The molecule has 0 saturated heterocycles. The fourth-order valence-electron chi connectivity index (χ4n) is 3.27. The highest BCUT2D eigenvalue weighted by Crippen LogP contribution is 2.30. The minimum Gasteiger partial charge on any atom is -0.440 e. The Hall–Kier alpha value is -2.62. The van der Waals surface area contributed by atoms with Crippen LogP contribution in [0.5, 0.6) is 0 Å². The van der Waals surface area contributed by atoms with Crippen molar-refractivity contribution < 1.29 is 4.42 Å². The Morgan fingerprint density at radius 1 is 0.923 bits per heavy atom. The maximum Gasteiger partial charge on any atom is 0.200 e. The largest absolute Gasteiger partial charge is 0.440 e. The highest BCUT2D eigenvalue weighted by Gasteiger charge is 2.26. The van der Waals surface area contributed by atoms with Crippen LogP contribution < -0.4 is 0 Å². The van der Waals surface area contributed by atoms with Crippen molar-refractivity contribution in [3.05, 3.63) is 59.7 Å². The van der Waals surface area contributed by atoms with Gasteiger partial charge < -0.3 is 9.40 Å². The van der Waals surface area contributed by atoms with Crippen molar-refractivity contribution in [1.29, 1.82) is 0 Å². The van der Waals surface area contributed by atoms with E-state index in [0.29, 0.717) is 0 Å². The summed E-state index contributed by atoms with van der Waals surface area (Å²) >= 11 is 0. The van der Waals surface area contributed by atoms with Gasteiger partial charge in [0.2, 0.25) is 5.89 Å². The average molecular weight is 347 g/mol. The monoisotopic (exact) mass is 347 g/mol. The molecule has 0 atom stereocenters. The van der Waals surface area contributed by atoms with E-state index in [9.17, 15) is 0 Å². The summed E-state index contributed by atoms with van der Waals surface area (Å²) in [5.41, 5.74) is 4.88. The van der Waals surface area contributed by atoms with E-state index in [1.165, 1.54) is 5.56 Å². The normalized spacial score (nSPS) is 13.0. The van der Waals surface area contributed by atoms with E-state index >= 15 is 0 Å². The van der Waals surface area contributed by atoms with Gasteiger partial charge in [-0.3, -0.25) is 0 Å². The standard InChI is InChI=1S/C22H25N3O/c1-21(2,3)20-25-17-11-10-14(12-18(17)26-20)13-22(4,5)19-23-15-8-6-7-9-16(15)24-19/h6-12H,13H2,1-5H3,(H,23,24). The Balaban J connectivity index is 1.66. The van der Waals surface area contributed by atoms with Gasteiger partial charge >= 0.3 is 0 Å². The van der Waals surface area contributed by atoms with Crippen LogP contribution in [0.25, 0.3) is 22.1 Å². The summed E-state index contributed by atoms with van der Waals surface area (Å²) in [6, 6.07) is 14.5.